The minimum Gasteiger partial charge on any atom is -0.497 e. The number of aromatic nitrogens is 2. The van der Waals surface area contributed by atoms with Crippen LogP contribution in [0.25, 0.3) is 22.2 Å². The maximum Gasteiger partial charge on any atom is 0.243 e. The minimum absolute atomic E-state index is 0.0250. The lowest BCUT2D eigenvalue weighted by Gasteiger charge is -2.15. The van der Waals surface area contributed by atoms with Gasteiger partial charge in [-0.25, -0.2) is 8.42 Å². The number of rotatable bonds is 6. The topological polar surface area (TPSA) is 85.5 Å². The molecule has 0 fully saturated rings. The molecule has 148 valence electrons. The highest BCUT2D eigenvalue weighted by atomic mass is 32.2. The van der Waals surface area contributed by atoms with Gasteiger partial charge in [0.2, 0.25) is 21.7 Å². The Morgan fingerprint density at radius 3 is 2.48 bits per heavy atom. The quantitative estimate of drug-likeness (QED) is 0.482. The summed E-state index contributed by atoms with van der Waals surface area (Å²) in [7, 11) is -0.646. The molecule has 3 aromatic carbocycles. The van der Waals surface area contributed by atoms with Crippen LogP contribution >= 0.6 is 0 Å². The van der Waals surface area contributed by atoms with Crippen molar-refractivity contribution in [3.05, 3.63) is 72.6 Å². The van der Waals surface area contributed by atoms with Gasteiger partial charge in [0.25, 0.3) is 0 Å². The number of benzene rings is 3. The zero-order valence-electron chi connectivity index (χ0n) is 15.9. The van der Waals surface area contributed by atoms with Gasteiger partial charge in [0.05, 0.1) is 18.6 Å². The van der Waals surface area contributed by atoms with E-state index in [1.807, 2.05) is 42.5 Å². The first-order valence-electron chi connectivity index (χ1n) is 8.89. The Kier molecular flexibility index (Phi) is 5.04. The van der Waals surface area contributed by atoms with Gasteiger partial charge in [-0.05, 0) is 35.0 Å². The summed E-state index contributed by atoms with van der Waals surface area (Å²) < 4.78 is 37.6. The molecule has 0 bridgehead atoms. The Labute approximate surface area is 168 Å². The Hall–Kier alpha value is -3.23. The maximum absolute atomic E-state index is 13.0. The fourth-order valence-electron chi connectivity index (χ4n) is 2.97. The van der Waals surface area contributed by atoms with Crippen LogP contribution in [0.5, 0.6) is 5.75 Å². The van der Waals surface area contributed by atoms with E-state index < -0.39 is 10.0 Å². The van der Waals surface area contributed by atoms with E-state index in [1.54, 1.807) is 31.4 Å². The molecule has 0 radical (unpaired) electrons. The van der Waals surface area contributed by atoms with Crippen LogP contribution in [0.4, 0.5) is 0 Å². The Balaban J connectivity index is 1.57. The second-order valence-corrected chi connectivity index (χ2v) is 8.56. The number of ether oxygens (including phenoxy) is 1. The zero-order valence-corrected chi connectivity index (χ0v) is 16.8. The second-order valence-electron chi connectivity index (χ2n) is 6.51. The van der Waals surface area contributed by atoms with E-state index in [9.17, 15) is 8.42 Å². The third kappa shape index (κ3) is 3.85. The molecule has 4 aromatic rings. The lowest BCUT2D eigenvalue weighted by molar-refractivity contribution is 0.337. The average Bonchev–Trinajstić information content (AvgIpc) is 3.22. The standard InChI is InChI=1S/C21H19N3O4S/c1-24(14-20-22-21(23-28-20)15-6-4-3-5-7-15)29(25,26)19-11-9-16-12-18(27-2)10-8-17(16)13-19/h3-13H,14H2,1-2H3. The van der Waals surface area contributed by atoms with Crippen LogP contribution in [0.3, 0.4) is 0 Å². The first kappa shape index (κ1) is 19.1. The Morgan fingerprint density at radius 1 is 1.00 bits per heavy atom. The van der Waals surface area contributed by atoms with Gasteiger partial charge in [-0.15, -0.1) is 0 Å². The summed E-state index contributed by atoms with van der Waals surface area (Å²) in [6.07, 6.45) is 0. The number of fused-ring (bicyclic) bond motifs is 1. The minimum atomic E-state index is -3.73. The maximum atomic E-state index is 13.0. The van der Waals surface area contributed by atoms with Crippen LogP contribution < -0.4 is 4.74 Å². The van der Waals surface area contributed by atoms with Crippen molar-refractivity contribution < 1.29 is 17.7 Å². The molecule has 1 aromatic heterocycles. The van der Waals surface area contributed by atoms with Crippen molar-refractivity contribution in [2.24, 2.45) is 0 Å². The van der Waals surface area contributed by atoms with Crippen LogP contribution in [0.1, 0.15) is 5.89 Å². The molecular weight excluding hydrogens is 390 g/mol. The van der Waals surface area contributed by atoms with Crippen molar-refractivity contribution in [3.8, 4) is 17.1 Å². The van der Waals surface area contributed by atoms with Gasteiger partial charge < -0.3 is 9.26 Å². The summed E-state index contributed by atoms with van der Waals surface area (Å²) in [6, 6.07) is 19.8. The molecule has 8 heteroatoms. The zero-order chi connectivity index (χ0) is 20.4. The van der Waals surface area contributed by atoms with Gasteiger partial charge in [-0.1, -0.05) is 47.6 Å². The molecule has 0 amide bonds. The lowest BCUT2D eigenvalue weighted by atomic mass is 10.1. The van der Waals surface area contributed by atoms with Gasteiger partial charge >= 0.3 is 0 Å². The summed E-state index contributed by atoms with van der Waals surface area (Å²) in [4.78, 5) is 4.49. The van der Waals surface area contributed by atoms with Gasteiger partial charge in [0.1, 0.15) is 5.75 Å². The highest BCUT2D eigenvalue weighted by Crippen LogP contribution is 2.25. The highest BCUT2D eigenvalue weighted by molar-refractivity contribution is 7.89. The summed E-state index contributed by atoms with van der Waals surface area (Å²) in [5, 5.41) is 5.64. The van der Waals surface area contributed by atoms with Crippen molar-refractivity contribution in [2.45, 2.75) is 11.4 Å². The molecule has 0 aliphatic rings. The van der Waals surface area contributed by atoms with E-state index in [4.69, 9.17) is 9.26 Å². The van der Waals surface area contributed by atoms with Gasteiger partial charge in [-0.3, -0.25) is 0 Å². The highest BCUT2D eigenvalue weighted by Gasteiger charge is 2.23. The normalized spacial score (nSPS) is 11.8. The third-order valence-electron chi connectivity index (χ3n) is 4.59. The third-order valence-corrected chi connectivity index (χ3v) is 6.38. The smallest absolute Gasteiger partial charge is 0.243 e. The van der Waals surface area contributed by atoms with Crippen molar-refractivity contribution in [3.63, 3.8) is 0 Å². The Bertz CT molecular complexity index is 1250. The van der Waals surface area contributed by atoms with E-state index in [0.29, 0.717) is 5.82 Å². The molecule has 4 rings (SSSR count). The second kappa shape index (κ2) is 7.65. The first-order valence-corrected chi connectivity index (χ1v) is 10.3. The largest absolute Gasteiger partial charge is 0.497 e. The molecular formula is C21H19N3O4S. The summed E-state index contributed by atoms with van der Waals surface area (Å²) >= 11 is 0. The number of sulfonamides is 1. The molecule has 0 atom stereocenters. The molecule has 1 heterocycles. The fraction of sp³-hybridized carbons (Fsp3) is 0.143. The van der Waals surface area contributed by atoms with Crippen molar-refractivity contribution in [2.75, 3.05) is 14.2 Å². The molecule has 0 unspecified atom stereocenters. The summed E-state index contributed by atoms with van der Waals surface area (Å²) in [5.74, 6) is 1.36. The Morgan fingerprint density at radius 2 is 1.72 bits per heavy atom. The number of hydrogen-bond acceptors (Lipinski definition) is 6. The molecule has 0 spiro atoms. The van der Waals surface area contributed by atoms with E-state index in [1.165, 1.54) is 11.4 Å². The fourth-order valence-corrected chi connectivity index (χ4v) is 4.12. The van der Waals surface area contributed by atoms with Crippen LogP contribution in [-0.4, -0.2) is 37.0 Å². The predicted octanol–water partition coefficient (Wildman–Crippen LogP) is 3.72. The first-order chi connectivity index (χ1) is 14.0. The number of nitrogens with zero attached hydrogens (tertiary/aromatic N) is 3. The molecule has 0 N–H and O–H groups in total. The SMILES string of the molecule is COc1ccc2cc(S(=O)(=O)N(C)Cc3nc(-c4ccccc4)no3)ccc2c1. The predicted molar refractivity (Wildman–Crippen MR) is 109 cm³/mol. The van der Waals surface area contributed by atoms with E-state index in [-0.39, 0.29) is 17.3 Å². The van der Waals surface area contributed by atoms with Gasteiger partial charge in [0.15, 0.2) is 0 Å². The summed E-state index contributed by atoms with van der Waals surface area (Å²) in [6.45, 7) is -0.0250. The number of hydrogen-bond donors (Lipinski definition) is 0. The molecule has 0 saturated carbocycles. The lowest BCUT2D eigenvalue weighted by Crippen LogP contribution is -2.26. The van der Waals surface area contributed by atoms with E-state index in [0.717, 1.165) is 22.1 Å². The van der Waals surface area contributed by atoms with Crippen LogP contribution in [0.15, 0.2) is 76.1 Å². The summed E-state index contributed by atoms with van der Waals surface area (Å²) in [5.41, 5.74) is 0.804. The molecule has 0 saturated heterocycles. The van der Waals surface area contributed by atoms with Crippen molar-refractivity contribution in [1.82, 2.24) is 14.4 Å². The van der Waals surface area contributed by atoms with Gasteiger partial charge in [-0.2, -0.15) is 9.29 Å². The molecule has 0 aliphatic heterocycles. The van der Waals surface area contributed by atoms with Crippen LogP contribution in [0.2, 0.25) is 0 Å². The average molecular weight is 409 g/mol. The van der Waals surface area contributed by atoms with Crippen molar-refractivity contribution >= 4 is 20.8 Å². The van der Waals surface area contributed by atoms with Crippen LogP contribution in [0, 0.1) is 0 Å². The number of methoxy groups -OCH3 is 1. The molecule has 0 aliphatic carbocycles. The molecule has 7 nitrogen and oxygen atoms in total. The van der Waals surface area contributed by atoms with E-state index in [2.05, 4.69) is 10.1 Å². The van der Waals surface area contributed by atoms with E-state index >= 15 is 0 Å². The van der Waals surface area contributed by atoms with Gasteiger partial charge in [0, 0.05) is 12.6 Å². The monoisotopic (exact) mass is 409 g/mol. The molecule has 29 heavy (non-hydrogen) atoms. The van der Waals surface area contributed by atoms with Crippen LogP contribution in [-0.2, 0) is 16.6 Å². The van der Waals surface area contributed by atoms with Crippen molar-refractivity contribution in [1.29, 1.82) is 0 Å².